The van der Waals surface area contributed by atoms with E-state index in [1.807, 2.05) is 6.92 Å². The van der Waals surface area contributed by atoms with Gasteiger partial charge in [-0.05, 0) is 37.3 Å². The second-order valence-corrected chi connectivity index (χ2v) is 9.84. The molecule has 0 N–H and O–H groups in total. The first-order chi connectivity index (χ1) is 16.7. The Morgan fingerprint density at radius 2 is 1.89 bits per heavy atom. The van der Waals surface area contributed by atoms with Crippen LogP contribution in [-0.4, -0.2) is 33.2 Å². The fraction of sp³-hybridized carbons (Fsp3) is 0.208. The van der Waals surface area contributed by atoms with Gasteiger partial charge in [-0.3, -0.25) is 14.4 Å². The molecule has 182 valence electrons. The van der Waals surface area contributed by atoms with Crippen molar-refractivity contribution in [3.8, 4) is 5.75 Å². The number of anilines is 1. The number of hydrogen-bond donors (Lipinski definition) is 0. The molecule has 10 nitrogen and oxygen atoms in total. The first-order valence-corrected chi connectivity index (χ1v) is 11.9. The van der Waals surface area contributed by atoms with E-state index >= 15 is 0 Å². The van der Waals surface area contributed by atoms with Crippen molar-refractivity contribution in [1.82, 2.24) is 0 Å². The maximum atomic E-state index is 13.1. The lowest BCUT2D eigenvalue weighted by Crippen LogP contribution is -2.26. The highest BCUT2D eigenvalue weighted by atomic mass is 32.2. The number of nitro benzene ring substituents is 1. The van der Waals surface area contributed by atoms with Gasteiger partial charge in [-0.25, -0.2) is 13.2 Å². The lowest BCUT2D eigenvalue weighted by molar-refractivity contribution is -0.385. The number of carbonyl (C=O) groups is 1. The predicted molar refractivity (Wildman–Crippen MR) is 126 cm³/mol. The van der Waals surface area contributed by atoms with E-state index < -0.39 is 20.9 Å². The quantitative estimate of drug-likeness (QED) is 0.272. The number of esters is 1. The minimum absolute atomic E-state index is 0.0203. The minimum Gasteiger partial charge on any atom is -0.467 e. The van der Waals surface area contributed by atoms with E-state index in [1.54, 1.807) is 24.3 Å². The van der Waals surface area contributed by atoms with Gasteiger partial charge in [-0.15, -0.1) is 0 Å². The molecule has 0 spiro atoms. The number of sulfonamides is 1. The zero-order valence-corrected chi connectivity index (χ0v) is 19.8. The summed E-state index contributed by atoms with van der Waals surface area (Å²) in [6.07, 6.45) is 0. The number of benzene rings is 3. The molecule has 0 unspecified atom stereocenters. The summed E-state index contributed by atoms with van der Waals surface area (Å²) in [5.41, 5.74) is 2.09. The third kappa shape index (κ3) is 5.10. The number of hydrogen-bond acceptors (Lipinski definition) is 8. The molecule has 0 aromatic heterocycles. The topological polar surface area (TPSA) is 125 Å². The number of carbonyl (C=O) groups excluding carboxylic acids is 1. The van der Waals surface area contributed by atoms with E-state index in [2.05, 4.69) is 0 Å². The molecule has 1 heterocycles. The van der Waals surface area contributed by atoms with E-state index in [4.69, 9.17) is 14.2 Å². The average molecular weight is 499 g/mol. The zero-order valence-electron chi connectivity index (χ0n) is 19.0. The van der Waals surface area contributed by atoms with Crippen LogP contribution >= 0.6 is 0 Å². The molecular formula is C24H22N2O8S. The molecule has 1 aliphatic rings. The third-order valence-corrected chi connectivity index (χ3v) is 7.25. The molecule has 0 radical (unpaired) electrons. The Labute approximate surface area is 201 Å². The van der Waals surface area contributed by atoms with Gasteiger partial charge in [0.2, 0.25) is 0 Å². The standard InChI is InChI=1S/C24H22N2O8S/c1-16-6-8-20(9-7-16)25(2)35(30,31)22-5-3-4-17(12-22)24(27)33-14-19-11-21(26(28)29)10-18-13-32-15-34-23(18)19/h3-12H,13-15H2,1-2H3. The average Bonchev–Trinajstić information content (AvgIpc) is 2.87. The van der Waals surface area contributed by atoms with E-state index in [0.717, 1.165) is 9.87 Å². The summed E-state index contributed by atoms with van der Waals surface area (Å²) in [6.45, 7) is 1.70. The summed E-state index contributed by atoms with van der Waals surface area (Å²) in [5, 5.41) is 11.3. The molecule has 3 aromatic rings. The number of aryl methyl sites for hydroxylation is 1. The van der Waals surface area contributed by atoms with Gasteiger partial charge in [0.25, 0.3) is 15.7 Å². The van der Waals surface area contributed by atoms with E-state index in [0.29, 0.717) is 22.6 Å². The molecule has 3 aromatic carbocycles. The fourth-order valence-corrected chi connectivity index (χ4v) is 4.80. The van der Waals surface area contributed by atoms with Crippen molar-refractivity contribution in [3.63, 3.8) is 0 Å². The Hall–Kier alpha value is -3.96. The number of non-ortho nitro benzene ring substituents is 1. The Kier molecular flexibility index (Phi) is 6.72. The molecule has 4 rings (SSSR count). The van der Waals surface area contributed by atoms with Gasteiger partial charge in [0.1, 0.15) is 12.4 Å². The first kappa shape index (κ1) is 24.2. The Balaban J connectivity index is 1.55. The Morgan fingerprint density at radius 3 is 2.60 bits per heavy atom. The van der Waals surface area contributed by atoms with Crippen LogP contribution in [0, 0.1) is 17.0 Å². The van der Waals surface area contributed by atoms with Gasteiger partial charge < -0.3 is 14.2 Å². The normalized spacial score (nSPS) is 12.9. The molecule has 0 fully saturated rings. The van der Waals surface area contributed by atoms with E-state index in [9.17, 15) is 23.3 Å². The van der Waals surface area contributed by atoms with Crippen molar-refractivity contribution < 1.29 is 32.3 Å². The summed E-state index contributed by atoms with van der Waals surface area (Å²) < 4.78 is 43.3. The highest BCUT2D eigenvalue weighted by molar-refractivity contribution is 7.92. The summed E-state index contributed by atoms with van der Waals surface area (Å²) in [7, 11) is -2.51. The molecule has 11 heteroatoms. The van der Waals surface area contributed by atoms with Crippen molar-refractivity contribution in [2.24, 2.45) is 0 Å². The molecule has 1 aliphatic heterocycles. The lowest BCUT2D eigenvalue weighted by Gasteiger charge is -2.21. The van der Waals surface area contributed by atoms with Crippen molar-refractivity contribution in [1.29, 1.82) is 0 Å². The molecule has 0 aliphatic carbocycles. The van der Waals surface area contributed by atoms with Crippen molar-refractivity contribution >= 4 is 27.4 Å². The number of fused-ring (bicyclic) bond motifs is 1. The summed E-state index contributed by atoms with van der Waals surface area (Å²) >= 11 is 0. The van der Waals surface area contributed by atoms with Gasteiger partial charge in [0, 0.05) is 30.3 Å². The van der Waals surface area contributed by atoms with Gasteiger partial charge in [-0.1, -0.05) is 23.8 Å². The second-order valence-electron chi connectivity index (χ2n) is 7.87. The van der Waals surface area contributed by atoms with Crippen molar-refractivity contribution in [2.45, 2.75) is 25.0 Å². The molecule has 0 amide bonds. The minimum atomic E-state index is -3.94. The maximum Gasteiger partial charge on any atom is 0.338 e. The number of rotatable bonds is 7. The molecular weight excluding hydrogens is 476 g/mol. The van der Waals surface area contributed by atoms with E-state index in [-0.39, 0.29) is 36.2 Å². The number of ether oxygens (including phenoxy) is 3. The van der Waals surface area contributed by atoms with Gasteiger partial charge in [0.05, 0.1) is 27.7 Å². The van der Waals surface area contributed by atoms with Gasteiger partial charge >= 0.3 is 5.97 Å². The van der Waals surface area contributed by atoms with Crippen LogP contribution in [0.1, 0.15) is 27.0 Å². The smallest absolute Gasteiger partial charge is 0.338 e. The highest BCUT2D eigenvalue weighted by Gasteiger charge is 2.24. The van der Waals surface area contributed by atoms with Crippen molar-refractivity contribution in [3.05, 3.63) is 93.0 Å². The summed E-state index contributed by atoms with van der Waals surface area (Å²) in [5.74, 6) is -0.418. The largest absolute Gasteiger partial charge is 0.467 e. The van der Waals surface area contributed by atoms with Crippen LogP contribution in [0.2, 0.25) is 0 Å². The van der Waals surface area contributed by atoms with Crippen LogP contribution in [0.4, 0.5) is 11.4 Å². The van der Waals surface area contributed by atoms with Crippen LogP contribution in [0.3, 0.4) is 0 Å². The monoisotopic (exact) mass is 498 g/mol. The van der Waals surface area contributed by atoms with E-state index in [1.165, 1.54) is 43.4 Å². The van der Waals surface area contributed by atoms with Crippen LogP contribution in [0.25, 0.3) is 0 Å². The zero-order chi connectivity index (χ0) is 25.2. The number of nitrogens with zero attached hydrogens (tertiary/aromatic N) is 2. The molecule has 0 saturated heterocycles. The third-order valence-electron chi connectivity index (χ3n) is 5.47. The maximum absolute atomic E-state index is 13.1. The first-order valence-electron chi connectivity index (χ1n) is 10.5. The van der Waals surface area contributed by atoms with Crippen molar-refractivity contribution in [2.75, 3.05) is 18.1 Å². The Bertz CT molecular complexity index is 1390. The molecule has 35 heavy (non-hydrogen) atoms. The van der Waals surface area contributed by atoms with Gasteiger partial charge in [0.15, 0.2) is 6.79 Å². The van der Waals surface area contributed by atoms with Crippen LogP contribution in [-0.2, 0) is 32.7 Å². The molecule has 0 bridgehead atoms. The molecule has 0 atom stereocenters. The highest BCUT2D eigenvalue weighted by Crippen LogP contribution is 2.33. The Morgan fingerprint density at radius 1 is 1.14 bits per heavy atom. The van der Waals surface area contributed by atoms with Gasteiger partial charge in [-0.2, -0.15) is 0 Å². The number of nitro groups is 1. The predicted octanol–water partition coefficient (Wildman–Crippen LogP) is 3.95. The second kappa shape index (κ2) is 9.72. The van der Waals surface area contributed by atoms with Crippen LogP contribution < -0.4 is 9.04 Å². The molecule has 0 saturated carbocycles. The fourth-order valence-electron chi connectivity index (χ4n) is 3.56. The lowest BCUT2D eigenvalue weighted by atomic mass is 10.1. The SMILES string of the molecule is Cc1ccc(N(C)S(=O)(=O)c2cccc(C(=O)OCc3cc([N+](=O)[O-])cc4c3OCOC4)c2)cc1. The van der Waals surface area contributed by atoms with Crippen LogP contribution in [0.5, 0.6) is 5.75 Å². The summed E-state index contributed by atoms with van der Waals surface area (Å²) in [6, 6.07) is 15.1. The van der Waals surface area contributed by atoms with Crippen LogP contribution in [0.15, 0.2) is 65.6 Å². The summed E-state index contributed by atoms with van der Waals surface area (Å²) in [4.78, 5) is 23.4.